The van der Waals surface area contributed by atoms with Crippen molar-refractivity contribution >= 4 is 23.7 Å². The number of hydrogen-bond donors (Lipinski definition) is 2. The van der Waals surface area contributed by atoms with E-state index in [1.165, 1.54) is 20.1 Å². The SMILES string of the molecule is COC(=O)c1ccccc1NC(=O)[C@H](C)NC(=O)OC(C)(C)C. The summed E-state index contributed by atoms with van der Waals surface area (Å²) in [6.45, 7) is 6.69. The Hall–Kier alpha value is -2.57. The van der Waals surface area contributed by atoms with Crippen molar-refractivity contribution in [1.29, 1.82) is 0 Å². The molecule has 1 aromatic rings. The lowest BCUT2D eigenvalue weighted by atomic mass is 10.1. The fourth-order valence-electron chi connectivity index (χ4n) is 1.67. The van der Waals surface area contributed by atoms with Gasteiger partial charge in [-0.3, -0.25) is 4.79 Å². The molecular formula is C16H22N2O5. The van der Waals surface area contributed by atoms with Crippen LogP contribution in [0.15, 0.2) is 24.3 Å². The lowest BCUT2D eigenvalue weighted by molar-refractivity contribution is -0.117. The lowest BCUT2D eigenvalue weighted by Gasteiger charge is -2.21. The molecule has 23 heavy (non-hydrogen) atoms. The molecule has 7 heteroatoms. The molecule has 0 saturated carbocycles. The number of benzene rings is 1. The number of para-hydroxylation sites is 1. The minimum absolute atomic E-state index is 0.229. The van der Waals surface area contributed by atoms with Gasteiger partial charge >= 0.3 is 12.1 Å². The van der Waals surface area contributed by atoms with Gasteiger partial charge in [0.05, 0.1) is 18.4 Å². The second-order valence-corrected chi connectivity index (χ2v) is 5.89. The zero-order valence-corrected chi connectivity index (χ0v) is 13.9. The van der Waals surface area contributed by atoms with E-state index in [0.29, 0.717) is 5.69 Å². The molecule has 0 spiro atoms. The van der Waals surface area contributed by atoms with Crippen molar-refractivity contribution in [3.63, 3.8) is 0 Å². The fraction of sp³-hybridized carbons (Fsp3) is 0.438. The predicted molar refractivity (Wildman–Crippen MR) is 85.2 cm³/mol. The smallest absolute Gasteiger partial charge is 0.408 e. The number of carbonyl (C=O) groups is 3. The maximum absolute atomic E-state index is 12.1. The molecule has 0 saturated heterocycles. The zero-order valence-electron chi connectivity index (χ0n) is 13.9. The van der Waals surface area contributed by atoms with E-state index >= 15 is 0 Å². The molecule has 0 aliphatic carbocycles. The Balaban J connectivity index is 2.73. The first-order valence-corrected chi connectivity index (χ1v) is 7.12. The molecule has 7 nitrogen and oxygen atoms in total. The highest BCUT2D eigenvalue weighted by Gasteiger charge is 2.22. The number of ether oxygens (including phenoxy) is 2. The van der Waals surface area contributed by atoms with Gasteiger partial charge in [-0.2, -0.15) is 0 Å². The van der Waals surface area contributed by atoms with Gasteiger partial charge in [0, 0.05) is 0 Å². The standard InChI is InChI=1S/C16H22N2O5/c1-10(17-15(21)23-16(2,3)4)13(19)18-12-9-7-6-8-11(12)14(20)22-5/h6-10H,1-5H3,(H,17,21)(H,18,19)/t10-/m0/s1. The summed E-state index contributed by atoms with van der Waals surface area (Å²) in [5, 5.41) is 5.01. The van der Waals surface area contributed by atoms with Gasteiger partial charge in [0.25, 0.3) is 0 Å². The number of nitrogens with one attached hydrogen (secondary N) is 2. The maximum atomic E-state index is 12.1. The third-order valence-corrected chi connectivity index (χ3v) is 2.72. The van der Waals surface area contributed by atoms with Crippen molar-refractivity contribution in [3.05, 3.63) is 29.8 Å². The van der Waals surface area contributed by atoms with Crippen LogP contribution in [-0.2, 0) is 14.3 Å². The Morgan fingerprint density at radius 1 is 1.13 bits per heavy atom. The van der Waals surface area contributed by atoms with Gasteiger partial charge in [-0.05, 0) is 39.8 Å². The van der Waals surface area contributed by atoms with Crippen LogP contribution in [0.1, 0.15) is 38.1 Å². The molecule has 0 fully saturated rings. The number of esters is 1. The molecule has 0 bridgehead atoms. The third-order valence-electron chi connectivity index (χ3n) is 2.72. The number of methoxy groups -OCH3 is 1. The van der Waals surface area contributed by atoms with Gasteiger partial charge in [0.1, 0.15) is 11.6 Å². The molecule has 0 aliphatic heterocycles. The van der Waals surface area contributed by atoms with Crippen LogP contribution in [0.4, 0.5) is 10.5 Å². The van der Waals surface area contributed by atoms with Crippen molar-refractivity contribution in [2.45, 2.75) is 39.3 Å². The summed E-state index contributed by atoms with van der Waals surface area (Å²) >= 11 is 0. The Morgan fingerprint density at radius 3 is 2.30 bits per heavy atom. The molecule has 0 unspecified atom stereocenters. The average Bonchev–Trinajstić information content (AvgIpc) is 2.44. The van der Waals surface area contributed by atoms with E-state index in [2.05, 4.69) is 15.4 Å². The van der Waals surface area contributed by atoms with Crippen LogP contribution in [0.5, 0.6) is 0 Å². The first-order valence-electron chi connectivity index (χ1n) is 7.12. The number of anilines is 1. The van der Waals surface area contributed by atoms with Gasteiger partial charge in [0.15, 0.2) is 0 Å². The van der Waals surface area contributed by atoms with Crippen LogP contribution in [0.3, 0.4) is 0 Å². The summed E-state index contributed by atoms with van der Waals surface area (Å²) in [6, 6.07) is 5.60. The van der Waals surface area contributed by atoms with Crippen LogP contribution in [0, 0.1) is 0 Å². The summed E-state index contributed by atoms with van der Waals surface area (Å²) in [6.07, 6.45) is -0.693. The van der Waals surface area contributed by atoms with E-state index in [9.17, 15) is 14.4 Å². The van der Waals surface area contributed by atoms with Crippen molar-refractivity contribution in [2.75, 3.05) is 12.4 Å². The van der Waals surface area contributed by atoms with Gasteiger partial charge in [0.2, 0.25) is 5.91 Å². The first kappa shape index (κ1) is 18.5. The second-order valence-electron chi connectivity index (χ2n) is 5.89. The number of rotatable bonds is 4. The molecule has 2 amide bonds. The molecule has 0 radical (unpaired) electrons. The molecule has 1 atom stereocenters. The van der Waals surface area contributed by atoms with Crippen molar-refractivity contribution in [2.24, 2.45) is 0 Å². The highest BCUT2D eigenvalue weighted by molar-refractivity contribution is 6.03. The van der Waals surface area contributed by atoms with E-state index in [-0.39, 0.29) is 5.56 Å². The number of carbonyl (C=O) groups excluding carboxylic acids is 3. The van der Waals surface area contributed by atoms with E-state index in [0.717, 1.165) is 0 Å². The molecular weight excluding hydrogens is 300 g/mol. The first-order chi connectivity index (χ1) is 10.6. The zero-order chi connectivity index (χ0) is 17.6. The largest absolute Gasteiger partial charge is 0.465 e. The van der Waals surface area contributed by atoms with Gasteiger partial charge in [-0.15, -0.1) is 0 Å². The Kier molecular flexibility index (Phi) is 6.12. The molecule has 126 valence electrons. The summed E-state index contributed by atoms with van der Waals surface area (Å²) in [7, 11) is 1.26. The van der Waals surface area contributed by atoms with Crippen LogP contribution in [0.2, 0.25) is 0 Å². The van der Waals surface area contributed by atoms with E-state index in [4.69, 9.17) is 4.74 Å². The summed E-state index contributed by atoms with van der Waals surface area (Å²) in [5.41, 5.74) is -0.118. The lowest BCUT2D eigenvalue weighted by Crippen LogP contribution is -2.44. The Morgan fingerprint density at radius 2 is 1.74 bits per heavy atom. The highest BCUT2D eigenvalue weighted by atomic mass is 16.6. The van der Waals surface area contributed by atoms with Crippen LogP contribution in [0.25, 0.3) is 0 Å². The van der Waals surface area contributed by atoms with Crippen molar-refractivity contribution in [3.8, 4) is 0 Å². The van der Waals surface area contributed by atoms with Crippen LogP contribution in [-0.4, -0.2) is 36.7 Å². The molecule has 0 heterocycles. The van der Waals surface area contributed by atoms with Crippen LogP contribution < -0.4 is 10.6 Å². The number of hydrogen-bond acceptors (Lipinski definition) is 5. The minimum atomic E-state index is -0.837. The molecule has 2 N–H and O–H groups in total. The average molecular weight is 322 g/mol. The molecule has 0 aromatic heterocycles. The highest BCUT2D eigenvalue weighted by Crippen LogP contribution is 2.16. The molecule has 1 rings (SSSR count). The number of amides is 2. The van der Waals surface area contributed by atoms with Crippen molar-refractivity contribution in [1.82, 2.24) is 5.32 Å². The van der Waals surface area contributed by atoms with E-state index in [1.807, 2.05) is 0 Å². The van der Waals surface area contributed by atoms with Crippen LogP contribution >= 0.6 is 0 Å². The summed E-state index contributed by atoms with van der Waals surface area (Å²) in [5.74, 6) is -1.04. The van der Waals surface area contributed by atoms with Gasteiger partial charge < -0.3 is 20.1 Å². The summed E-state index contributed by atoms with van der Waals surface area (Å²) in [4.78, 5) is 35.5. The minimum Gasteiger partial charge on any atom is -0.465 e. The second kappa shape index (κ2) is 7.62. The van der Waals surface area contributed by atoms with E-state index in [1.54, 1.807) is 39.0 Å². The van der Waals surface area contributed by atoms with E-state index < -0.39 is 29.6 Å². The van der Waals surface area contributed by atoms with Gasteiger partial charge in [-0.25, -0.2) is 9.59 Å². The van der Waals surface area contributed by atoms with Crippen molar-refractivity contribution < 1.29 is 23.9 Å². The normalized spacial score (nSPS) is 12.0. The molecule has 1 aromatic carbocycles. The fourth-order valence-corrected chi connectivity index (χ4v) is 1.67. The number of alkyl carbamates (subject to hydrolysis) is 1. The predicted octanol–water partition coefficient (Wildman–Crippen LogP) is 2.32. The van der Waals surface area contributed by atoms with Gasteiger partial charge in [-0.1, -0.05) is 12.1 Å². The topological polar surface area (TPSA) is 93.7 Å². The molecule has 0 aliphatic rings. The quantitative estimate of drug-likeness (QED) is 0.830. The monoisotopic (exact) mass is 322 g/mol. The summed E-state index contributed by atoms with van der Waals surface area (Å²) < 4.78 is 9.74. The Labute approximate surface area is 135 Å². The third kappa shape index (κ3) is 5.98. The maximum Gasteiger partial charge on any atom is 0.408 e. The Bertz CT molecular complexity index is 592.